The Labute approximate surface area is 174 Å². The number of aromatic nitrogens is 3. The average molecular weight is 434 g/mol. The van der Waals surface area contributed by atoms with E-state index in [1.54, 1.807) is 18.2 Å². The molecule has 0 radical (unpaired) electrons. The summed E-state index contributed by atoms with van der Waals surface area (Å²) in [6.45, 7) is 2.01. The second-order valence-corrected chi connectivity index (χ2v) is 7.35. The van der Waals surface area contributed by atoms with Crippen molar-refractivity contribution in [3.05, 3.63) is 57.4 Å². The number of carboxylic acids is 2. The van der Waals surface area contributed by atoms with Gasteiger partial charge in [-0.25, -0.2) is 14.6 Å². The van der Waals surface area contributed by atoms with E-state index in [0.717, 1.165) is 24.6 Å². The van der Waals surface area contributed by atoms with Crippen LogP contribution in [0.3, 0.4) is 0 Å². The van der Waals surface area contributed by atoms with E-state index in [9.17, 15) is 14.7 Å². The number of benzene rings is 1. The van der Waals surface area contributed by atoms with E-state index in [4.69, 9.17) is 21.1 Å². The summed E-state index contributed by atoms with van der Waals surface area (Å²) in [5.74, 6) is -0.826. The van der Waals surface area contributed by atoms with E-state index in [2.05, 4.69) is 15.2 Å². The summed E-state index contributed by atoms with van der Waals surface area (Å²) in [7, 11) is 0. The molecule has 0 fully saturated rings. The van der Waals surface area contributed by atoms with Crippen molar-refractivity contribution in [3.8, 4) is 11.3 Å². The topological polar surface area (TPSA) is 129 Å². The number of H-pyrrole nitrogens is 1. The number of aromatic carboxylic acids is 1. The summed E-state index contributed by atoms with van der Waals surface area (Å²) in [5.41, 5.74) is 0.558. The molecule has 3 rings (SSSR count). The van der Waals surface area contributed by atoms with Crippen molar-refractivity contribution in [2.75, 3.05) is 0 Å². The van der Waals surface area contributed by atoms with Crippen LogP contribution < -0.4 is 0 Å². The fourth-order valence-corrected chi connectivity index (χ4v) is 3.43. The number of thioether (sulfide) groups is 1. The summed E-state index contributed by atoms with van der Waals surface area (Å²) in [5, 5.41) is 25.7. The van der Waals surface area contributed by atoms with Crippen LogP contribution in [0, 0.1) is 0 Å². The minimum Gasteiger partial charge on any atom is -0.478 e. The molecule has 29 heavy (non-hydrogen) atoms. The predicted octanol–water partition coefficient (Wildman–Crippen LogP) is 4.59. The fraction of sp³-hybridized carbons (Fsp3) is 0.158. The second-order valence-electron chi connectivity index (χ2n) is 5.93. The standard InChI is InChI=1S/C19H16ClN3O5S/c1-2-3-16-21-19(23-22-16)29-15(18(26)27)9-11-5-7-14(28-11)10-4-6-12(17(24)25)13(20)8-10/h4-9H,2-3H2,1H3,(H,24,25)(H,26,27)(H,21,22,23)/b15-9-. The van der Waals surface area contributed by atoms with E-state index in [-0.39, 0.29) is 15.5 Å². The Morgan fingerprint density at radius 2 is 2.07 bits per heavy atom. The van der Waals surface area contributed by atoms with Gasteiger partial charge in [-0.15, -0.1) is 5.10 Å². The van der Waals surface area contributed by atoms with Gasteiger partial charge >= 0.3 is 11.9 Å². The molecule has 0 amide bonds. The minimum absolute atomic E-state index is 0.00722. The van der Waals surface area contributed by atoms with Crippen LogP contribution in [-0.2, 0) is 11.2 Å². The highest BCUT2D eigenvalue weighted by Gasteiger charge is 2.16. The third-order valence-electron chi connectivity index (χ3n) is 3.79. The molecule has 3 N–H and O–H groups in total. The zero-order valence-corrected chi connectivity index (χ0v) is 16.8. The molecule has 0 aliphatic rings. The number of rotatable bonds is 8. The highest BCUT2D eigenvalue weighted by molar-refractivity contribution is 8.04. The van der Waals surface area contributed by atoms with Crippen molar-refractivity contribution >= 4 is 41.4 Å². The van der Waals surface area contributed by atoms with E-state index in [1.807, 2.05) is 6.92 Å². The number of hydrogen-bond donors (Lipinski definition) is 3. The Bertz CT molecular complexity index is 1090. The Balaban J connectivity index is 1.83. The van der Waals surface area contributed by atoms with Crippen LogP contribution in [0.1, 0.15) is 35.3 Å². The largest absolute Gasteiger partial charge is 0.478 e. The lowest BCUT2D eigenvalue weighted by molar-refractivity contribution is -0.131. The van der Waals surface area contributed by atoms with Crippen LogP contribution >= 0.6 is 23.4 Å². The van der Waals surface area contributed by atoms with Gasteiger partial charge in [-0.05, 0) is 42.4 Å². The van der Waals surface area contributed by atoms with E-state index >= 15 is 0 Å². The molecule has 8 nitrogen and oxygen atoms in total. The van der Waals surface area contributed by atoms with Gasteiger partial charge in [0.2, 0.25) is 5.16 Å². The molecule has 0 aliphatic carbocycles. The number of aryl methyl sites for hydroxylation is 1. The number of furan rings is 1. The maximum Gasteiger partial charge on any atom is 0.342 e. The van der Waals surface area contributed by atoms with Gasteiger partial charge < -0.3 is 14.6 Å². The Morgan fingerprint density at radius 1 is 1.28 bits per heavy atom. The molecule has 0 saturated heterocycles. The number of nitrogens with zero attached hydrogens (tertiary/aromatic N) is 2. The van der Waals surface area contributed by atoms with Gasteiger partial charge in [-0.2, -0.15) is 0 Å². The first-order valence-electron chi connectivity index (χ1n) is 8.54. The second kappa shape index (κ2) is 8.97. The van der Waals surface area contributed by atoms with Gasteiger partial charge in [0.1, 0.15) is 22.3 Å². The van der Waals surface area contributed by atoms with Crippen LogP contribution in [0.15, 0.2) is 44.8 Å². The average Bonchev–Trinajstić information content (AvgIpc) is 3.30. The third-order valence-corrected chi connectivity index (χ3v) is 4.98. The van der Waals surface area contributed by atoms with E-state index < -0.39 is 11.9 Å². The van der Waals surface area contributed by atoms with Crippen molar-refractivity contribution in [2.24, 2.45) is 0 Å². The summed E-state index contributed by atoms with van der Waals surface area (Å²) in [6.07, 6.45) is 3.00. The number of aliphatic carboxylic acids is 1. The van der Waals surface area contributed by atoms with Crippen molar-refractivity contribution in [3.63, 3.8) is 0 Å². The molecule has 0 saturated carbocycles. The Kier molecular flexibility index (Phi) is 6.40. The maximum atomic E-state index is 11.6. The first-order chi connectivity index (χ1) is 13.9. The van der Waals surface area contributed by atoms with Crippen molar-refractivity contribution in [1.82, 2.24) is 15.2 Å². The molecule has 10 heteroatoms. The fourth-order valence-electron chi connectivity index (χ4n) is 2.46. The van der Waals surface area contributed by atoms with E-state index in [1.165, 1.54) is 18.2 Å². The SMILES string of the molecule is CCCc1nc(S/C(=C\c2ccc(-c3ccc(C(=O)O)c(Cl)c3)o2)C(=O)O)n[nH]1. The maximum absolute atomic E-state index is 11.6. The van der Waals surface area contributed by atoms with Crippen molar-refractivity contribution in [1.29, 1.82) is 0 Å². The number of halogens is 1. The molecule has 2 aromatic heterocycles. The lowest BCUT2D eigenvalue weighted by atomic mass is 10.1. The molecular weight excluding hydrogens is 418 g/mol. The summed E-state index contributed by atoms with van der Waals surface area (Å²) < 4.78 is 5.68. The van der Waals surface area contributed by atoms with Gasteiger partial charge in [0, 0.05) is 18.1 Å². The monoisotopic (exact) mass is 433 g/mol. The zero-order valence-electron chi connectivity index (χ0n) is 15.2. The molecular formula is C19H16ClN3O5S. The summed E-state index contributed by atoms with van der Waals surface area (Å²) in [6, 6.07) is 7.69. The molecule has 0 atom stereocenters. The number of hydrogen-bond acceptors (Lipinski definition) is 6. The molecule has 0 aliphatic heterocycles. The first kappa shape index (κ1) is 20.7. The van der Waals surface area contributed by atoms with Crippen molar-refractivity contribution < 1.29 is 24.2 Å². The van der Waals surface area contributed by atoms with Gasteiger partial charge in [-0.1, -0.05) is 24.6 Å². The van der Waals surface area contributed by atoms with Gasteiger partial charge in [0.05, 0.1) is 10.6 Å². The van der Waals surface area contributed by atoms with E-state index in [0.29, 0.717) is 28.1 Å². The number of carboxylic acid groups (broad SMARTS) is 2. The Morgan fingerprint density at radius 3 is 2.72 bits per heavy atom. The predicted molar refractivity (Wildman–Crippen MR) is 108 cm³/mol. The van der Waals surface area contributed by atoms with Crippen LogP contribution in [0.2, 0.25) is 5.02 Å². The minimum atomic E-state index is -1.14. The van der Waals surface area contributed by atoms with Gasteiger partial charge in [0.25, 0.3) is 0 Å². The van der Waals surface area contributed by atoms with Crippen LogP contribution in [-0.4, -0.2) is 37.3 Å². The highest BCUT2D eigenvalue weighted by atomic mass is 35.5. The van der Waals surface area contributed by atoms with Crippen molar-refractivity contribution in [2.45, 2.75) is 24.9 Å². The molecule has 1 aromatic carbocycles. The normalized spacial score (nSPS) is 11.6. The molecule has 0 unspecified atom stereocenters. The number of nitrogens with one attached hydrogen (secondary N) is 1. The lowest BCUT2D eigenvalue weighted by Gasteiger charge is -2.02. The van der Waals surface area contributed by atoms with Gasteiger partial charge in [0.15, 0.2) is 0 Å². The highest BCUT2D eigenvalue weighted by Crippen LogP contribution is 2.30. The lowest BCUT2D eigenvalue weighted by Crippen LogP contribution is -1.97. The molecule has 0 spiro atoms. The smallest absolute Gasteiger partial charge is 0.342 e. The van der Waals surface area contributed by atoms with Gasteiger partial charge in [-0.3, -0.25) is 5.10 Å². The molecule has 3 aromatic rings. The molecule has 2 heterocycles. The number of carbonyl (C=O) groups is 2. The molecule has 0 bridgehead atoms. The molecule has 150 valence electrons. The summed E-state index contributed by atoms with van der Waals surface area (Å²) >= 11 is 6.90. The third kappa shape index (κ3) is 5.07. The summed E-state index contributed by atoms with van der Waals surface area (Å²) in [4.78, 5) is 26.9. The quantitative estimate of drug-likeness (QED) is 0.347. The zero-order chi connectivity index (χ0) is 21.0. The van der Waals surface area contributed by atoms with Crippen LogP contribution in [0.25, 0.3) is 17.4 Å². The van der Waals surface area contributed by atoms with Crippen LogP contribution in [0.5, 0.6) is 0 Å². The Hall–Kier alpha value is -3.04. The van der Waals surface area contributed by atoms with Crippen LogP contribution in [0.4, 0.5) is 0 Å². The first-order valence-corrected chi connectivity index (χ1v) is 9.74. The number of aromatic amines is 1.